The molecular formula is C22H23Cl2N3O5. The highest BCUT2D eigenvalue weighted by atomic mass is 35.5. The summed E-state index contributed by atoms with van der Waals surface area (Å²) < 4.78 is 16.3. The summed E-state index contributed by atoms with van der Waals surface area (Å²) in [6.45, 7) is 0.928. The first-order valence-corrected chi connectivity index (χ1v) is 10.8. The Bertz CT molecular complexity index is 947. The van der Waals surface area contributed by atoms with Crippen molar-refractivity contribution in [2.45, 2.75) is 18.9 Å². The molecule has 1 fully saturated rings. The predicted octanol–water partition coefficient (Wildman–Crippen LogP) is 3.20. The Morgan fingerprint density at radius 3 is 2.59 bits per heavy atom. The van der Waals surface area contributed by atoms with Gasteiger partial charge < -0.3 is 19.5 Å². The van der Waals surface area contributed by atoms with Crippen molar-refractivity contribution in [1.82, 2.24) is 10.7 Å². The predicted molar refractivity (Wildman–Crippen MR) is 122 cm³/mol. The fourth-order valence-electron chi connectivity index (χ4n) is 2.83. The maximum absolute atomic E-state index is 11.8. The Morgan fingerprint density at radius 1 is 1.09 bits per heavy atom. The molecule has 32 heavy (non-hydrogen) atoms. The Balaban J connectivity index is 1.35. The molecule has 1 aliphatic heterocycles. The molecule has 10 heteroatoms. The van der Waals surface area contributed by atoms with E-state index in [0.717, 1.165) is 25.0 Å². The number of amides is 2. The standard InChI is InChI=1S/C22H23Cl2N3O5/c23-16-5-8-20(19(24)10-16)32-14-22(29)27-26-11-15-3-6-17(7-4-15)31-13-21(28)25-12-18-2-1-9-30-18/h3-8,10-11,18H,1-2,9,12-14H2,(H,25,28)(H,27,29)/t18-/m0/s1. The summed E-state index contributed by atoms with van der Waals surface area (Å²) in [7, 11) is 0. The number of halogens is 2. The van der Waals surface area contributed by atoms with E-state index in [1.54, 1.807) is 36.4 Å². The minimum absolute atomic E-state index is 0.0755. The summed E-state index contributed by atoms with van der Waals surface area (Å²) in [5.41, 5.74) is 3.10. The van der Waals surface area contributed by atoms with Crippen LogP contribution in [0, 0.1) is 0 Å². The molecule has 170 valence electrons. The second-order valence-electron chi connectivity index (χ2n) is 6.95. The van der Waals surface area contributed by atoms with E-state index in [4.69, 9.17) is 37.4 Å². The molecule has 2 aromatic carbocycles. The van der Waals surface area contributed by atoms with E-state index in [-0.39, 0.29) is 25.2 Å². The van der Waals surface area contributed by atoms with Gasteiger partial charge in [-0.25, -0.2) is 5.43 Å². The Labute approximate surface area is 195 Å². The monoisotopic (exact) mass is 479 g/mol. The molecule has 0 aromatic heterocycles. The van der Waals surface area contributed by atoms with Crippen molar-refractivity contribution in [3.05, 3.63) is 58.1 Å². The van der Waals surface area contributed by atoms with E-state index in [9.17, 15) is 9.59 Å². The van der Waals surface area contributed by atoms with E-state index >= 15 is 0 Å². The summed E-state index contributed by atoms with van der Waals surface area (Å²) in [5, 5.41) is 7.47. The SMILES string of the molecule is O=C(COc1ccc(C=NNC(=O)COc2ccc(Cl)cc2Cl)cc1)NC[C@@H]1CCCO1. The third kappa shape index (κ3) is 8.03. The molecule has 1 aliphatic rings. The highest BCUT2D eigenvalue weighted by Gasteiger charge is 2.16. The van der Waals surface area contributed by atoms with Crippen molar-refractivity contribution >= 4 is 41.2 Å². The summed E-state index contributed by atoms with van der Waals surface area (Å²) in [5.74, 6) is 0.259. The molecule has 2 aromatic rings. The summed E-state index contributed by atoms with van der Waals surface area (Å²) in [6, 6.07) is 11.6. The lowest BCUT2D eigenvalue weighted by Crippen LogP contribution is -2.35. The largest absolute Gasteiger partial charge is 0.484 e. The van der Waals surface area contributed by atoms with Gasteiger partial charge in [-0.1, -0.05) is 23.2 Å². The Hall–Kier alpha value is -2.81. The highest BCUT2D eigenvalue weighted by molar-refractivity contribution is 6.35. The summed E-state index contributed by atoms with van der Waals surface area (Å²) in [6.07, 6.45) is 3.57. The van der Waals surface area contributed by atoms with E-state index < -0.39 is 5.91 Å². The molecule has 8 nitrogen and oxygen atoms in total. The number of rotatable bonds is 10. The number of carbonyl (C=O) groups excluding carboxylic acids is 2. The highest BCUT2D eigenvalue weighted by Crippen LogP contribution is 2.27. The van der Waals surface area contributed by atoms with Crippen molar-refractivity contribution in [2.24, 2.45) is 5.10 Å². The number of hydrogen-bond acceptors (Lipinski definition) is 6. The zero-order valence-corrected chi connectivity index (χ0v) is 18.7. The number of nitrogens with zero attached hydrogens (tertiary/aromatic N) is 1. The average Bonchev–Trinajstić information content (AvgIpc) is 3.30. The lowest BCUT2D eigenvalue weighted by Gasteiger charge is -2.11. The van der Waals surface area contributed by atoms with Gasteiger partial charge in [-0.2, -0.15) is 5.10 Å². The van der Waals surface area contributed by atoms with Crippen LogP contribution in [0.1, 0.15) is 18.4 Å². The number of benzene rings is 2. The minimum Gasteiger partial charge on any atom is -0.484 e. The number of hydrazone groups is 1. The van der Waals surface area contributed by atoms with E-state index in [0.29, 0.717) is 28.1 Å². The maximum atomic E-state index is 11.8. The van der Waals surface area contributed by atoms with Crippen molar-refractivity contribution in [3.63, 3.8) is 0 Å². The summed E-state index contributed by atoms with van der Waals surface area (Å²) in [4.78, 5) is 23.7. The van der Waals surface area contributed by atoms with Gasteiger partial charge in [0.2, 0.25) is 0 Å². The zero-order chi connectivity index (χ0) is 22.8. The van der Waals surface area contributed by atoms with Gasteiger partial charge in [0.05, 0.1) is 17.3 Å². The topological polar surface area (TPSA) is 98.2 Å². The van der Waals surface area contributed by atoms with Gasteiger partial charge in [0.15, 0.2) is 13.2 Å². The van der Waals surface area contributed by atoms with Crippen LogP contribution < -0.4 is 20.2 Å². The van der Waals surface area contributed by atoms with E-state index in [2.05, 4.69) is 15.8 Å². The third-order valence-corrected chi connectivity index (χ3v) is 4.99. The molecule has 0 spiro atoms. The van der Waals surface area contributed by atoms with Crippen LogP contribution in [-0.4, -0.2) is 50.5 Å². The average molecular weight is 480 g/mol. The first kappa shape index (κ1) is 23.8. The van der Waals surface area contributed by atoms with Crippen LogP contribution in [0.15, 0.2) is 47.6 Å². The minimum atomic E-state index is -0.443. The quantitative estimate of drug-likeness (QED) is 0.402. The van der Waals surface area contributed by atoms with Crippen LogP contribution in [0.25, 0.3) is 0 Å². The van der Waals surface area contributed by atoms with Crippen LogP contribution in [0.5, 0.6) is 11.5 Å². The van der Waals surface area contributed by atoms with Crippen molar-refractivity contribution in [3.8, 4) is 11.5 Å². The molecule has 1 heterocycles. The normalized spacial score (nSPS) is 15.5. The van der Waals surface area contributed by atoms with Gasteiger partial charge in [0.25, 0.3) is 11.8 Å². The second-order valence-corrected chi connectivity index (χ2v) is 7.80. The second kappa shape index (κ2) is 12.3. The lowest BCUT2D eigenvalue weighted by molar-refractivity contribution is -0.124. The molecule has 2 amide bonds. The molecule has 0 radical (unpaired) electrons. The Kier molecular flexibility index (Phi) is 9.15. The van der Waals surface area contributed by atoms with Crippen LogP contribution >= 0.6 is 23.2 Å². The summed E-state index contributed by atoms with van der Waals surface area (Å²) >= 11 is 11.8. The molecule has 2 N–H and O–H groups in total. The van der Waals surface area contributed by atoms with Crippen molar-refractivity contribution < 1.29 is 23.8 Å². The van der Waals surface area contributed by atoms with Gasteiger partial charge in [0.1, 0.15) is 11.5 Å². The first-order chi connectivity index (χ1) is 15.5. The van der Waals surface area contributed by atoms with Crippen LogP contribution in [0.2, 0.25) is 10.0 Å². The van der Waals surface area contributed by atoms with Gasteiger partial charge in [0, 0.05) is 18.2 Å². The Morgan fingerprint density at radius 2 is 1.88 bits per heavy atom. The fraction of sp³-hybridized carbons (Fsp3) is 0.318. The van der Waals surface area contributed by atoms with E-state index in [1.165, 1.54) is 12.3 Å². The smallest absolute Gasteiger partial charge is 0.277 e. The molecule has 0 unspecified atom stereocenters. The van der Waals surface area contributed by atoms with Crippen LogP contribution in [0.4, 0.5) is 0 Å². The number of nitrogens with one attached hydrogen (secondary N) is 2. The molecule has 1 atom stereocenters. The number of ether oxygens (including phenoxy) is 3. The first-order valence-electron chi connectivity index (χ1n) is 10.0. The number of carbonyl (C=O) groups is 2. The maximum Gasteiger partial charge on any atom is 0.277 e. The van der Waals surface area contributed by atoms with Gasteiger partial charge in [-0.15, -0.1) is 0 Å². The fourth-order valence-corrected chi connectivity index (χ4v) is 3.29. The molecule has 0 bridgehead atoms. The molecule has 0 saturated carbocycles. The van der Waals surface area contributed by atoms with Crippen LogP contribution in [-0.2, 0) is 14.3 Å². The molecule has 0 aliphatic carbocycles. The van der Waals surface area contributed by atoms with E-state index in [1.807, 2.05) is 0 Å². The molecule has 1 saturated heterocycles. The number of hydrogen-bond donors (Lipinski definition) is 2. The van der Waals surface area contributed by atoms with Crippen molar-refractivity contribution in [1.29, 1.82) is 0 Å². The van der Waals surface area contributed by atoms with Crippen LogP contribution in [0.3, 0.4) is 0 Å². The third-order valence-electron chi connectivity index (χ3n) is 4.46. The van der Waals surface area contributed by atoms with Gasteiger partial charge >= 0.3 is 0 Å². The van der Waals surface area contributed by atoms with Gasteiger partial charge in [-0.3, -0.25) is 9.59 Å². The van der Waals surface area contributed by atoms with Gasteiger partial charge in [-0.05, 0) is 60.9 Å². The lowest BCUT2D eigenvalue weighted by atomic mass is 10.2. The van der Waals surface area contributed by atoms with Crippen molar-refractivity contribution in [2.75, 3.05) is 26.4 Å². The zero-order valence-electron chi connectivity index (χ0n) is 17.2. The molecule has 3 rings (SSSR count). The molecular weight excluding hydrogens is 457 g/mol.